The molecule has 0 fully saturated rings. The summed E-state index contributed by atoms with van der Waals surface area (Å²) in [5, 5.41) is 10.7. The Morgan fingerprint density at radius 2 is 2.05 bits per heavy atom. The van der Waals surface area contributed by atoms with E-state index in [0.717, 1.165) is 0 Å². The third-order valence-corrected chi connectivity index (χ3v) is 2.96. The van der Waals surface area contributed by atoms with Crippen LogP contribution in [0.5, 0.6) is 0 Å². The van der Waals surface area contributed by atoms with Crippen molar-refractivity contribution in [3.05, 3.63) is 69.0 Å². The van der Waals surface area contributed by atoms with Gasteiger partial charge in [-0.2, -0.15) is 0 Å². The molecule has 0 aliphatic rings. The van der Waals surface area contributed by atoms with Crippen molar-refractivity contribution in [2.75, 3.05) is 0 Å². The second-order valence-electron chi connectivity index (χ2n) is 3.90. The first kappa shape index (κ1) is 13.1. The molecule has 1 aromatic heterocycles. The van der Waals surface area contributed by atoms with Crippen LogP contribution >= 0.6 is 12.2 Å². The van der Waals surface area contributed by atoms with Crippen LogP contribution < -0.4 is 0 Å². The minimum Gasteiger partial charge on any atom is -0.331 e. The van der Waals surface area contributed by atoms with Gasteiger partial charge >= 0.3 is 0 Å². The first-order chi connectivity index (χ1) is 9.08. The molecule has 0 aliphatic carbocycles. The maximum atomic E-state index is 12.1. The Morgan fingerprint density at radius 3 is 2.74 bits per heavy atom. The summed E-state index contributed by atoms with van der Waals surface area (Å²) >= 11 is 5.09. The summed E-state index contributed by atoms with van der Waals surface area (Å²) in [5.41, 5.74) is 0.211. The number of benzene rings is 1. The van der Waals surface area contributed by atoms with E-state index >= 15 is 0 Å². The third kappa shape index (κ3) is 3.11. The number of pyridine rings is 1. The number of nitro groups is 1. The van der Waals surface area contributed by atoms with Gasteiger partial charge in [0.15, 0.2) is 5.78 Å². The van der Waals surface area contributed by atoms with Crippen molar-refractivity contribution < 1.29 is 9.72 Å². The lowest BCUT2D eigenvalue weighted by molar-refractivity contribution is -0.384. The average molecular weight is 274 g/mol. The molecule has 6 heteroatoms. The van der Waals surface area contributed by atoms with Gasteiger partial charge in [-0.05, 0) is 12.1 Å². The molecule has 0 saturated carbocycles. The van der Waals surface area contributed by atoms with Gasteiger partial charge in [0.05, 0.1) is 11.5 Å². The SMILES string of the molecule is O=C(Cn1ccccc1=S)c1cccc([N+](=O)[O-])c1. The van der Waals surface area contributed by atoms with E-state index in [1.165, 1.54) is 18.2 Å². The van der Waals surface area contributed by atoms with Crippen molar-refractivity contribution in [3.8, 4) is 0 Å². The zero-order chi connectivity index (χ0) is 13.8. The molecule has 1 aromatic carbocycles. The molecule has 0 spiro atoms. The first-order valence-corrected chi connectivity index (χ1v) is 5.92. The van der Waals surface area contributed by atoms with Crippen molar-refractivity contribution in [1.29, 1.82) is 0 Å². The number of hydrogen-bond donors (Lipinski definition) is 0. The highest BCUT2D eigenvalue weighted by atomic mass is 32.1. The van der Waals surface area contributed by atoms with Gasteiger partial charge in [0.1, 0.15) is 4.64 Å². The van der Waals surface area contributed by atoms with Crippen molar-refractivity contribution in [1.82, 2.24) is 4.57 Å². The number of carbonyl (C=O) groups is 1. The fraction of sp³-hybridized carbons (Fsp3) is 0.0769. The number of rotatable bonds is 4. The summed E-state index contributed by atoms with van der Waals surface area (Å²) in [6.45, 7) is 0.0703. The van der Waals surface area contributed by atoms with Gasteiger partial charge in [-0.3, -0.25) is 14.9 Å². The summed E-state index contributed by atoms with van der Waals surface area (Å²) in [6.07, 6.45) is 1.71. The number of nitrogens with zero attached hydrogens (tertiary/aromatic N) is 2. The Labute approximate surface area is 114 Å². The highest BCUT2D eigenvalue weighted by molar-refractivity contribution is 7.71. The number of ketones is 1. The monoisotopic (exact) mass is 274 g/mol. The Kier molecular flexibility index (Phi) is 3.82. The Morgan fingerprint density at radius 1 is 1.26 bits per heavy atom. The second-order valence-corrected chi connectivity index (χ2v) is 4.32. The van der Waals surface area contributed by atoms with Crippen LogP contribution in [0.25, 0.3) is 0 Å². The lowest BCUT2D eigenvalue weighted by Gasteiger charge is -2.05. The van der Waals surface area contributed by atoms with E-state index in [1.54, 1.807) is 35.0 Å². The van der Waals surface area contributed by atoms with Crippen LogP contribution in [-0.2, 0) is 6.54 Å². The zero-order valence-electron chi connectivity index (χ0n) is 9.85. The summed E-state index contributed by atoms with van der Waals surface area (Å²) in [7, 11) is 0. The molecule has 0 N–H and O–H groups in total. The largest absolute Gasteiger partial charge is 0.331 e. The van der Waals surface area contributed by atoms with Crippen LogP contribution in [0, 0.1) is 14.8 Å². The Bertz CT molecular complexity index is 694. The average Bonchev–Trinajstić information content (AvgIpc) is 2.41. The molecule has 96 valence electrons. The van der Waals surface area contributed by atoms with Crippen LogP contribution in [0.3, 0.4) is 0 Å². The van der Waals surface area contributed by atoms with Crippen molar-refractivity contribution >= 4 is 23.7 Å². The quantitative estimate of drug-likeness (QED) is 0.372. The fourth-order valence-electron chi connectivity index (χ4n) is 1.63. The standard InChI is InChI=1S/C13H10N2O3S/c16-12(9-14-7-2-1-6-13(14)19)10-4-3-5-11(8-10)15(17)18/h1-8H,9H2. The highest BCUT2D eigenvalue weighted by Gasteiger charge is 2.11. The minimum absolute atomic E-state index is 0.0703. The molecule has 0 saturated heterocycles. The number of aromatic nitrogens is 1. The third-order valence-electron chi connectivity index (χ3n) is 2.59. The van der Waals surface area contributed by atoms with Gasteiger partial charge in [0.25, 0.3) is 5.69 Å². The molecule has 0 aliphatic heterocycles. The molecule has 0 amide bonds. The van der Waals surface area contributed by atoms with Gasteiger partial charge in [0.2, 0.25) is 0 Å². The van der Waals surface area contributed by atoms with Crippen LogP contribution in [0.2, 0.25) is 0 Å². The summed E-state index contributed by atoms with van der Waals surface area (Å²) in [5.74, 6) is -0.217. The summed E-state index contributed by atoms with van der Waals surface area (Å²) in [4.78, 5) is 22.2. The maximum Gasteiger partial charge on any atom is 0.270 e. The van der Waals surface area contributed by atoms with E-state index < -0.39 is 4.92 Å². The Balaban J connectivity index is 2.26. The van der Waals surface area contributed by atoms with Crippen molar-refractivity contribution in [2.45, 2.75) is 6.54 Å². The van der Waals surface area contributed by atoms with Crippen molar-refractivity contribution in [3.63, 3.8) is 0 Å². The fourth-order valence-corrected chi connectivity index (χ4v) is 1.83. The molecule has 5 nitrogen and oxygen atoms in total. The predicted octanol–water partition coefficient (Wildman–Crippen LogP) is 3.01. The molecule has 1 heterocycles. The predicted molar refractivity (Wildman–Crippen MR) is 72.7 cm³/mol. The first-order valence-electron chi connectivity index (χ1n) is 5.51. The Hall–Kier alpha value is -2.34. The van der Waals surface area contributed by atoms with Crippen LogP contribution in [0.4, 0.5) is 5.69 Å². The van der Waals surface area contributed by atoms with E-state index in [2.05, 4.69) is 0 Å². The number of hydrogen-bond acceptors (Lipinski definition) is 4. The topological polar surface area (TPSA) is 65.1 Å². The smallest absolute Gasteiger partial charge is 0.270 e. The van der Waals surface area contributed by atoms with Gasteiger partial charge in [-0.15, -0.1) is 0 Å². The maximum absolute atomic E-state index is 12.1. The molecule has 0 unspecified atom stereocenters. The number of Topliss-reactive ketones (excluding diaryl/α,β-unsaturated/α-hetero) is 1. The van der Waals surface area contributed by atoms with E-state index in [0.29, 0.717) is 10.2 Å². The lowest BCUT2D eigenvalue weighted by Crippen LogP contribution is -2.11. The molecular weight excluding hydrogens is 264 g/mol. The van der Waals surface area contributed by atoms with Gasteiger partial charge < -0.3 is 4.57 Å². The molecule has 19 heavy (non-hydrogen) atoms. The van der Waals surface area contributed by atoms with E-state index in [4.69, 9.17) is 12.2 Å². The molecular formula is C13H10N2O3S. The summed E-state index contributed by atoms with van der Waals surface area (Å²) < 4.78 is 2.16. The second kappa shape index (κ2) is 5.53. The van der Waals surface area contributed by atoms with E-state index in [-0.39, 0.29) is 18.0 Å². The van der Waals surface area contributed by atoms with E-state index in [1.807, 2.05) is 0 Å². The van der Waals surface area contributed by atoms with Gasteiger partial charge in [-0.1, -0.05) is 30.4 Å². The number of non-ortho nitro benzene ring substituents is 1. The number of carbonyl (C=O) groups excluding carboxylic acids is 1. The van der Waals surface area contributed by atoms with Gasteiger partial charge in [0, 0.05) is 23.9 Å². The minimum atomic E-state index is -0.523. The molecule has 0 radical (unpaired) electrons. The zero-order valence-corrected chi connectivity index (χ0v) is 10.7. The van der Waals surface area contributed by atoms with Crippen LogP contribution in [-0.4, -0.2) is 15.3 Å². The highest BCUT2D eigenvalue weighted by Crippen LogP contribution is 2.14. The van der Waals surface area contributed by atoms with Crippen LogP contribution in [0.15, 0.2) is 48.7 Å². The lowest BCUT2D eigenvalue weighted by atomic mass is 10.1. The molecule has 0 bridgehead atoms. The normalized spacial score (nSPS) is 10.1. The van der Waals surface area contributed by atoms with E-state index in [9.17, 15) is 14.9 Å². The van der Waals surface area contributed by atoms with Gasteiger partial charge in [-0.25, -0.2) is 0 Å². The number of nitro benzene ring substituents is 1. The summed E-state index contributed by atoms with van der Waals surface area (Å²) in [6, 6.07) is 11.0. The van der Waals surface area contributed by atoms with Crippen molar-refractivity contribution in [2.24, 2.45) is 0 Å². The van der Waals surface area contributed by atoms with Crippen LogP contribution in [0.1, 0.15) is 10.4 Å². The molecule has 2 aromatic rings. The molecule has 2 rings (SSSR count). The molecule has 0 atom stereocenters.